The molecule has 0 heterocycles. The Bertz CT molecular complexity index is 157. The van der Waals surface area contributed by atoms with Crippen LogP contribution in [0.2, 0.25) is 0 Å². The van der Waals surface area contributed by atoms with Crippen LogP contribution in [-0.4, -0.2) is 11.3 Å². The van der Waals surface area contributed by atoms with E-state index in [9.17, 15) is 4.79 Å². The highest BCUT2D eigenvalue weighted by molar-refractivity contribution is 5.87. The van der Waals surface area contributed by atoms with Gasteiger partial charge in [-0.25, -0.2) is 6.57 Å². The lowest BCUT2D eigenvalue weighted by Crippen LogP contribution is -2.27. The molecule has 2 heteroatoms. The van der Waals surface area contributed by atoms with E-state index in [1.54, 1.807) is 6.92 Å². The molecular formula is C7H11NO. The number of carbonyl (C=O) groups excluding carboxylic acids is 1. The lowest BCUT2D eigenvalue weighted by Gasteiger charge is -2.08. The van der Waals surface area contributed by atoms with Gasteiger partial charge in [0.05, 0.1) is 0 Å². The average molecular weight is 125 g/mol. The second-order valence-electron chi connectivity index (χ2n) is 2.30. The fraction of sp³-hybridized carbons (Fsp3) is 0.714. The van der Waals surface area contributed by atoms with Crippen LogP contribution in [0, 0.1) is 6.57 Å². The summed E-state index contributed by atoms with van der Waals surface area (Å²) in [5, 5.41) is 0. The van der Waals surface area contributed by atoms with E-state index in [0.717, 1.165) is 0 Å². The quantitative estimate of drug-likeness (QED) is 0.514. The summed E-state index contributed by atoms with van der Waals surface area (Å²) < 4.78 is 0. The van der Waals surface area contributed by atoms with Gasteiger partial charge in [0.1, 0.15) is 0 Å². The predicted octanol–water partition coefficient (Wildman–Crippen LogP) is 1.66. The van der Waals surface area contributed by atoms with Crippen molar-refractivity contribution in [1.82, 2.24) is 0 Å². The highest BCUT2D eigenvalue weighted by atomic mass is 16.1. The van der Waals surface area contributed by atoms with Gasteiger partial charge in [-0.2, -0.15) is 0 Å². The second-order valence-corrected chi connectivity index (χ2v) is 2.30. The maximum Gasteiger partial charge on any atom is 0.286 e. The average Bonchev–Trinajstić information content (AvgIpc) is 1.86. The van der Waals surface area contributed by atoms with Gasteiger partial charge < -0.3 is 4.85 Å². The maximum atomic E-state index is 10.7. The molecule has 0 aromatic carbocycles. The Hall–Kier alpha value is -0.840. The van der Waals surface area contributed by atoms with Gasteiger partial charge in [0, 0.05) is 20.3 Å². The first-order valence-electron chi connectivity index (χ1n) is 2.96. The molecule has 0 spiro atoms. The Balaban J connectivity index is 4.33. The molecule has 50 valence electrons. The van der Waals surface area contributed by atoms with Crippen LogP contribution < -0.4 is 0 Å². The van der Waals surface area contributed by atoms with Crippen molar-refractivity contribution in [3.05, 3.63) is 11.4 Å². The minimum atomic E-state index is -0.764. The van der Waals surface area contributed by atoms with Crippen molar-refractivity contribution >= 4 is 5.78 Å². The zero-order valence-corrected chi connectivity index (χ0v) is 6.06. The van der Waals surface area contributed by atoms with Crippen molar-refractivity contribution in [3.63, 3.8) is 0 Å². The molecule has 9 heavy (non-hydrogen) atoms. The van der Waals surface area contributed by atoms with Crippen LogP contribution in [0.15, 0.2) is 0 Å². The molecule has 0 bridgehead atoms. The van der Waals surface area contributed by atoms with Crippen LogP contribution in [-0.2, 0) is 4.79 Å². The molecule has 0 saturated heterocycles. The fourth-order valence-corrected chi connectivity index (χ4v) is 0.407. The van der Waals surface area contributed by atoms with Gasteiger partial charge >= 0.3 is 0 Å². The largest absolute Gasteiger partial charge is 0.302 e. The smallest absolute Gasteiger partial charge is 0.286 e. The van der Waals surface area contributed by atoms with Crippen molar-refractivity contribution in [3.8, 4) is 0 Å². The number of nitrogens with zero attached hydrogens (tertiary/aromatic N) is 1. The van der Waals surface area contributed by atoms with Gasteiger partial charge in [-0.05, 0) is 0 Å². The van der Waals surface area contributed by atoms with E-state index in [-0.39, 0.29) is 5.78 Å². The van der Waals surface area contributed by atoms with Gasteiger partial charge in [-0.15, -0.1) is 0 Å². The summed E-state index contributed by atoms with van der Waals surface area (Å²) in [5.41, 5.74) is -0.764. The second kappa shape index (κ2) is 2.63. The SMILES string of the molecule is [C-]#[N+]C(C)(CC)C(C)=O. The minimum Gasteiger partial charge on any atom is -0.302 e. The molecule has 0 aliphatic heterocycles. The number of hydrogen-bond acceptors (Lipinski definition) is 1. The van der Waals surface area contributed by atoms with Gasteiger partial charge in [-0.1, -0.05) is 6.92 Å². The topological polar surface area (TPSA) is 21.4 Å². The normalized spacial score (nSPS) is 15.8. The van der Waals surface area contributed by atoms with Crippen molar-refractivity contribution in [2.45, 2.75) is 32.7 Å². The van der Waals surface area contributed by atoms with Crippen LogP contribution in [0.5, 0.6) is 0 Å². The third kappa shape index (κ3) is 1.53. The standard InChI is InChI=1S/C7H11NO/c1-5-7(3,8-4)6(2)9/h5H2,1-3H3. The zero-order valence-electron chi connectivity index (χ0n) is 6.06. The van der Waals surface area contributed by atoms with Gasteiger partial charge in [0.25, 0.3) is 5.54 Å². The first-order valence-corrected chi connectivity index (χ1v) is 2.96. The first-order chi connectivity index (χ1) is 4.06. The highest BCUT2D eigenvalue weighted by Crippen LogP contribution is 2.15. The molecule has 0 aliphatic carbocycles. The van der Waals surface area contributed by atoms with E-state index < -0.39 is 5.54 Å². The molecule has 0 fully saturated rings. The van der Waals surface area contributed by atoms with Gasteiger partial charge in [0.15, 0.2) is 0 Å². The summed E-state index contributed by atoms with van der Waals surface area (Å²) in [6, 6.07) is 0. The number of rotatable bonds is 2. The van der Waals surface area contributed by atoms with Crippen molar-refractivity contribution in [1.29, 1.82) is 0 Å². The van der Waals surface area contributed by atoms with Crippen LogP contribution in [0.4, 0.5) is 0 Å². The molecule has 1 unspecified atom stereocenters. The monoisotopic (exact) mass is 125 g/mol. The van der Waals surface area contributed by atoms with Crippen LogP contribution >= 0.6 is 0 Å². The van der Waals surface area contributed by atoms with E-state index >= 15 is 0 Å². The molecule has 0 aromatic heterocycles. The molecule has 0 rings (SSSR count). The molecule has 0 amide bonds. The van der Waals surface area contributed by atoms with Crippen LogP contribution in [0.25, 0.3) is 4.85 Å². The molecule has 0 radical (unpaired) electrons. The summed E-state index contributed by atoms with van der Waals surface area (Å²) >= 11 is 0. The van der Waals surface area contributed by atoms with Crippen molar-refractivity contribution in [2.75, 3.05) is 0 Å². The Morgan fingerprint density at radius 1 is 1.78 bits per heavy atom. The molecule has 0 N–H and O–H groups in total. The summed E-state index contributed by atoms with van der Waals surface area (Å²) in [6.07, 6.45) is 0.603. The number of Topliss-reactive ketones (excluding diaryl/α,β-unsaturated/α-hetero) is 1. The molecule has 0 saturated carbocycles. The molecule has 0 aliphatic rings. The number of carbonyl (C=O) groups is 1. The van der Waals surface area contributed by atoms with Crippen LogP contribution in [0.3, 0.4) is 0 Å². The minimum absolute atomic E-state index is 0.0417. The molecule has 2 nitrogen and oxygen atoms in total. The maximum absolute atomic E-state index is 10.7. The van der Waals surface area contributed by atoms with E-state index in [0.29, 0.717) is 6.42 Å². The van der Waals surface area contributed by atoms with E-state index in [2.05, 4.69) is 4.85 Å². The summed E-state index contributed by atoms with van der Waals surface area (Å²) in [7, 11) is 0. The molecule has 0 aromatic rings. The lowest BCUT2D eigenvalue weighted by molar-refractivity contribution is -0.120. The Labute approximate surface area is 55.7 Å². The third-order valence-electron chi connectivity index (χ3n) is 1.69. The molecular weight excluding hydrogens is 114 g/mol. The number of ketones is 1. The lowest BCUT2D eigenvalue weighted by atomic mass is 9.96. The Morgan fingerprint density at radius 3 is 2.22 bits per heavy atom. The Morgan fingerprint density at radius 2 is 2.22 bits per heavy atom. The highest BCUT2D eigenvalue weighted by Gasteiger charge is 2.33. The zero-order chi connectivity index (χ0) is 7.49. The molecule has 1 atom stereocenters. The van der Waals surface area contributed by atoms with Crippen LogP contribution in [0.1, 0.15) is 27.2 Å². The van der Waals surface area contributed by atoms with Crippen molar-refractivity contribution < 1.29 is 4.79 Å². The first kappa shape index (κ1) is 8.16. The van der Waals surface area contributed by atoms with E-state index in [1.807, 2.05) is 6.92 Å². The fourth-order valence-electron chi connectivity index (χ4n) is 0.407. The van der Waals surface area contributed by atoms with E-state index in [4.69, 9.17) is 6.57 Å². The summed E-state index contributed by atoms with van der Waals surface area (Å²) in [5.74, 6) is -0.0417. The number of hydrogen-bond donors (Lipinski definition) is 0. The van der Waals surface area contributed by atoms with Crippen molar-refractivity contribution in [2.24, 2.45) is 0 Å². The predicted molar refractivity (Wildman–Crippen MR) is 36.0 cm³/mol. The third-order valence-corrected chi connectivity index (χ3v) is 1.69. The summed E-state index contributed by atoms with van der Waals surface area (Å²) in [6.45, 7) is 11.7. The van der Waals surface area contributed by atoms with Gasteiger partial charge in [-0.3, -0.25) is 4.79 Å². The Kier molecular flexibility index (Phi) is 2.39. The van der Waals surface area contributed by atoms with E-state index in [1.165, 1.54) is 6.92 Å². The summed E-state index contributed by atoms with van der Waals surface area (Å²) in [4.78, 5) is 14.0. The van der Waals surface area contributed by atoms with Gasteiger partial charge in [0.2, 0.25) is 5.78 Å².